The minimum atomic E-state index is -0.308. The molecule has 0 amide bonds. The van der Waals surface area contributed by atoms with E-state index in [1.165, 1.54) is 6.07 Å². The van der Waals surface area contributed by atoms with Crippen molar-refractivity contribution >= 4 is 10.9 Å². The van der Waals surface area contributed by atoms with E-state index in [0.29, 0.717) is 22.3 Å². The van der Waals surface area contributed by atoms with Crippen LogP contribution >= 0.6 is 0 Å². The Bertz CT molecular complexity index is 884. The van der Waals surface area contributed by atoms with E-state index in [4.69, 9.17) is 0 Å². The molecule has 0 atom stereocenters. The van der Waals surface area contributed by atoms with E-state index < -0.39 is 0 Å². The largest absolute Gasteiger partial charge is 0.291 e. The van der Waals surface area contributed by atoms with E-state index >= 15 is 0 Å². The lowest BCUT2D eigenvalue weighted by Crippen LogP contribution is -2.27. The first-order valence-corrected chi connectivity index (χ1v) is 7.31. The van der Waals surface area contributed by atoms with E-state index in [1.54, 1.807) is 28.8 Å². The second kappa shape index (κ2) is 5.72. The minimum Gasteiger partial charge on any atom is -0.291 e. The van der Waals surface area contributed by atoms with Crippen LogP contribution in [-0.2, 0) is 6.54 Å². The molecule has 0 saturated heterocycles. The van der Waals surface area contributed by atoms with Crippen LogP contribution in [0, 0.1) is 5.82 Å². The summed E-state index contributed by atoms with van der Waals surface area (Å²) in [7, 11) is 0. The van der Waals surface area contributed by atoms with Gasteiger partial charge in [0.05, 0.1) is 17.4 Å². The first kappa shape index (κ1) is 14.4. The number of nitrogens with zero attached hydrogens (tertiary/aromatic N) is 2. The summed E-state index contributed by atoms with van der Waals surface area (Å²) in [5.74, 6) is 0.438. The predicted molar refractivity (Wildman–Crippen MR) is 85.6 cm³/mol. The van der Waals surface area contributed by atoms with Crippen LogP contribution in [0.1, 0.15) is 31.2 Å². The molecule has 0 radical (unpaired) electrons. The van der Waals surface area contributed by atoms with Crippen molar-refractivity contribution in [3.8, 4) is 0 Å². The molecular formula is C18H17FN2O. The molecular weight excluding hydrogens is 279 g/mol. The summed E-state index contributed by atoms with van der Waals surface area (Å²) in [5, 5.41) is 0.559. The average Bonchev–Trinajstić information content (AvgIpc) is 2.51. The summed E-state index contributed by atoms with van der Waals surface area (Å²) >= 11 is 0. The van der Waals surface area contributed by atoms with Gasteiger partial charge in [-0.05, 0) is 18.2 Å². The molecule has 0 fully saturated rings. The third kappa shape index (κ3) is 2.52. The van der Waals surface area contributed by atoms with E-state index in [0.717, 1.165) is 0 Å². The summed E-state index contributed by atoms with van der Waals surface area (Å²) in [6.45, 7) is 4.15. The predicted octanol–water partition coefficient (Wildman–Crippen LogP) is 3.71. The number of halogens is 1. The molecule has 4 heteroatoms. The summed E-state index contributed by atoms with van der Waals surface area (Å²) in [4.78, 5) is 17.4. The van der Waals surface area contributed by atoms with Gasteiger partial charge in [0.25, 0.3) is 5.56 Å². The number of fused-ring (bicyclic) bond motifs is 1. The van der Waals surface area contributed by atoms with Gasteiger partial charge in [-0.3, -0.25) is 9.36 Å². The number of benzene rings is 2. The molecule has 3 nitrogen and oxygen atoms in total. The molecule has 0 bridgehead atoms. The van der Waals surface area contributed by atoms with Crippen molar-refractivity contribution in [1.29, 1.82) is 0 Å². The highest BCUT2D eigenvalue weighted by Crippen LogP contribution is 2.17. The fourth-order valence-electron chi connectivity index (χ4n) is 2.58. The first-order valence-electron chi connectivity index (χ1n) is 7.31. The van der Waals surface area contributed by atoms with Crippen molar-refractivity contribution in [2.75, 3.05) is 0 Å². The van der Waals surface area contributed by atoms with Gasteiger partial charge < -0.3 is 0 Å². The number of hydrogen-bond donors (Lipinski definition) is 0. The average molecular weight is 296 g/mol. The summed E-state index contributed by atoms with van der Waals surface area (Å²) in [5.41, 5.74) is 1.04. The van der Waals surface area contributed by atoms with Gasteiger partial charge in [-0.1, -0.05) is 44.2 Å². The van der Waals surface area contributed by atoms with Gasteiger partial charge in [0, 0.05) is 11.5 Å². The summed E-state index contributed by atoms with van der Waals surface area (Å²) < 4.78 is 15.5. The first-order chi connectivity index (χ1) is 10.6. The molecule has 0 aliphatic rings. The quantitative estimate of drug-likeness (QED) is 0.738. The molecule has 1 heterocycles. The van der Waals surface area contributed by atoms with Gasteiger partial charge in [0.2, 0.25) is 0 Å². The molecule has 0 spiro atoms. The zero-order valence-corrected chi connectivity index (χ0v) is 12.6. The fourth-order valence-corrected chi connectivity index (χ4v) is 2.58. The van der Waals surface area contributed by atoms with Crippen molar-refractivity contribution in [1.82, 2.24) is 9.55 Å². The van der Waals surface area contributed by atoms with Crippen LogP contribution < -0.4 is 5.56 Å². The van der Waals surface area contributed by atoms with Crippen LogP contribution in [0.3, 0.4) is 0 Å². The molecule has 112 valence electrons. The molecule has 3 rings (SSSR count). The standard InChI is InChI=1S/C18H17FN2O/c1-12(2)17-20-16-10-6-4-8-14(16)18(22)21(17)11-13-7-3-5-9-15(13)19/h3-10,12H,11H2,1-2H3. The highest BCUT2D eigenvalue weighted by molar-refractivity contribution is 5.77. The maximum Gasteiger partial charge on any atom is 0.261 e. The Kier molecular flexibility index (Phi) is 3.75. The topological polar surface area (TPSA) is 34.9 Å². The SMILES string of the molecule is CC(C)c1nc2ccccc2c(=O)n1Cc1ccccc1F. The molecule has 0 saturated carbocycles. The zero-order valence-electron chi connectivity index (χ0n) is 12.6. The molecule has 1 aromatic heterocycles. The Morgan fingerprint density at radius 2 is 1.77 bits per heavy atom. The number of rotatable bonds is 3. The second-order valence-corrected chi connectivity index (χ2v) is 5.62. The summed E-state index contributed by atoms with van der Waals surface area (Å²) in [6.07, 6.45) is 0. The van der Waals surface area contributed by atoms with Crippen LogP contribution in [-0.4, -0.2) is 9.55 Å². The van der Waals surface area contributed by atoms with Crippen molar-refractivity contribution < 1.29 is 4.39 Å². The van der Waals surface area contributed by atoms with Crippen LogP contribution in [0.2, 0.25) is 0 Å². The molecule has 2 aromatic carbocycles. The van der Waals surface area contributed by atoms with Crippen LogP contribution in [0.25, 0.3) is 10.9 Å². The Hall–Kier alpha value is -2.49. The van der Waals surface area contributed by atoms with Crippen LogP contribution in [0.4, 0.5) is 4.39 Å². The third-order valence-electron chi connectivity index (χ3n) is 3.69. The molecule has 22 heavy (non-hydrogen) atoms. The van der Waals surface area contributed by atoms with Gasteiger partial charge in [0.15, 0.2) is 0 Å². The smallest absolute Gasteiger partial charge is 0.261 e. The highest BCUT2D eigenvalue weighted by atomic mass is 19.1. The van der Waals surface area contributed by atoms with E-state index in [-0.39, 0.29) is 23.8 Å². The lowest BCUT2D eigenvalue weighted by molar-refractivity contribution is 0.577. The molecule has 3 aromatic rings. The number of hydrogen-bond acceptors (Lipinski definition) is 2. The Labute approximate surface area is 128 Å². The molecule has 0 unspecified atom stereocenters. The van der Waals surface area contributed by atoms with Crippen molar-refractivity contribution in [2.45, 2.75) is 26.3 Å². The molecule has 0 aliphatic heterocycles. The number of para-hydroxylation sites is 1. The maximum absolute atomic E-state index is 13.9. The van der Waals surface area contributed by atoms with Crippen molar-refractivity contribution in [3.63, 3.8) is 0 Å². The van der Waals surface area contributed by atoms with Gasteiger partial charge in [-0.25, -0.2) is 9.37 Å². The minimum absolute atomic E-state index is 0.0732. The lowest BCUT2D eigenvalue weighted by atomic mass is 10.1. The normalized spacial score (nSPS) is 11.3. The maximum atomic E-state index is 13.9. The third-order valence-corrected chi connectivity index (χ3v) is 3.69. The lowest BCUT2D eigenvalue weighted by Gasteiger charge is -2.16. The summed E-state index contributed by atoms with van der Waals surface area (Å²) in [6, 6.07) is 13.8. The van der Waals surface area contributed by atoms with Gasteiger partial charge in [-0.2, -0.15) is 0 Å². The van der Waals surface area contributed by atoms with Crippen molar-refractivity contribution in [3.05, 3.63) is 76.1 Å². The van der Waals surface area contributed by atoms with E-state index in [1.807, 2.05) is 32.0 Å². The van der Waals surface area contributed by atoms with Crippen LogP contribution in [0.5, 0.6) is 0 Å². The zero-order chi connectivity index (χ0) is 15.7. The van der Waals surface area contributed by atoms with Crippen LogP contribution in [0.15, 0.2) is 53.3 Å². The van der Waals surface area contributed by atoms with Gasteiger partial charge >= 0.3 is 0 Å². The monoisotopic (exact) mass is 296 g/mol. The Morgan fingerprint density at radius 3 is 2.50 bits per heavy atom. The van der Waals surface area contributed by atoms with E-state index in [2.05, 4.69) is 4.98 Å². The Morgan fingerprint density at radius 1 is 1.09 bits per heavy atom. The van der Waals surface area contributed by atoms with Crippen molar-refractivity contribution in [2.24, 2.45) is 0 Å². The van der Waals surface area contributed by atoms with Gasteiger partial charge in [0.1, 0.15) is 11.6 Å². The highest BCUT2D eigenvalue weighted by Gasteiger charge is 2.15. The fraction of sp³-hybridized carbons (Fsp3) is 0.222. The molecule has 0 aliphatic carbocycles. The van der Waals surface area contributed by atoms with Gasteiger partial charge in [-0.15, -0.1) is 0 Å². The van der Waals surface area contributed by atoms with E-state index in [9.17, 15) is 9.18 Å². The molecule has 0 N–H and O–H groups in total. The number of aromatic nitrogens is 2. The Balaban J connectivity index is 2.23. The second-order valence-electron chi connectivity index (χ2n) is 5.62.